The second-order valence-electron chi connectivity index (χ2n) is 6.17. The Morgan fingerprint density at radius 1 is 0.842 bits per heavy atom. The molecule has 0 aliphatic rings. The maximum Gasteiger partial charge on any atom is 0.334 e. The van der Waals surface area contributed by atoms with Gasteiger partial charge in [0.2, 0.25) is 16.6 Å². The SMILES string of the molecule is C[Si](C)(C)OC(=O)c1ccc(C(=O)O[Si](C)(C)C)s1. The minimum atomic E-state index is -1.91. The molecule has 0 saturated heterocycles. The number of rotatable bonds is 4. The Morgan fingerprint density at radius 3 is 1.42 bits per heavy atom. The van der Waals surface area contributed by atoms with Gasteiger partial charge in [0, 0.05) is 0 Å². The van der Waals surface area contributed by atoms with Crippen molar-refractivity contribution in [2.24, 2.45) is 0 Å². The van der Waals surface area contributed by atoms with Crippen molar-refractivity contribution in [3.8, 4) is 0 Å². The number of hydrogen-bond donors (Lipinski definition) is 0. The van der Waals surface area contributed by atoms with Gasteiger partial charge in [0.1, 0.15) is 9.75 Å². The number of carbonyl (C=O) groups excluding carboxylic acids is 2. The minimum Gasteiger partial charge on any atom is -0.516 e. The molecule has 0 radical (unpaired) electrons. The number of thiophene rings is 1. The summed E-state index contributed by atoms with van der Waals surface area (Å²) in [5.74, 6) is -0.701. The molecule has 0 atom stereocenters. The molecular weight excluding hydrogens is 296 g/mol. The largest absolute Gasteiger partial charge is 0.516 e. The highest BCUT2D eigenvalue weighted by molar-refractivity contribution is 7.16. The molecule has 7 heteroatoms. The summed E-state index contributed by atoms with van der Waals surface area (Å²) >= 11 is 1.13. The van der Waals surface area contributed by atoms with Crippen LogP contribution in [-0.4, -0.2) is 28.6 Å². The molecule has 4 nitrogen and oxygen atoms in total. The number of carbonyl (C=O) groups is 2. The van der Waals surface area contributed by atoms with Crippen LogP contribution in [-0.2, 0) is 8.85 Å². The maximum absolute atomic E-state index is 11.9. The Kier molecular flexibility index (Phi) is 4.75. The van der Waals surface area contributed by atoms with Gasteiger partial charge in [-0.3, -0.25) is 0 Å². The van der Waals surface area contributed by atoms with Crippen LogP contribution in [0.3, 0.4) is 0 Å². The molecular formula is C12H20O4SSi2. The Balaban J connectivity index is 2.77. The summed E-state index contributed by atoms with van der Waals surface area (Å²) in [7, 11) is -3.82. The van der Waals surface area contributed by atoms with Crippen LogP contribution in [0.1, 0.15) is 19.3 Å². The van der Waals surface area contributed by atoms with Crippen LogP contribution < -0.4 is 0 Å². The standard InChI is InChI=1S/C12H20O4SSi2/c1-18(2,3)15-11(13)9-7-8-10(17-9)12(14)16-19(4,5)6/h7-8H,1-6H3. The molecule has 106 valence electrons. The number of hydrogen-bond acceptors (Lipinski definition) is 5. The quantitative estimate of drug-likeness (QED) is 0.794. The Bertz CT molecular complexity index is 440. The molecule has 19 heavy (non-hydrogen) atoms. The van der Waals surface area contributed by atoms with Crippen molar-refractivity contribution in [2.75, 3.05) is 0 Å². The van der Waals surface area contributed by atoms with Crippen molar-refractivity contribution in [1.29, 1.82) is 0 Å². The first-order valence-corrected chi connectivity index (χ1v) is 13.7. The predicted octanol–water partition coefficient (Wildman–Crippen LogP) is 3.73. The first-order valence-electron chi connectivity index (χ1n) is 6.04. The zero-order chi connectivity index (χ0) is 14.8. The van der Waals surface area contributed by atoms with Gasteiger partial charge in [-0.05, 0) is 51.4 Å². The lowest BCUT2D eigenvalue weighted by Crippen LogP contribution is -2.29. The second kappa shape index (κ2) is 5.60. The van der Waals surface area contributed by atoms with E-state index in [0.717, 1.165) is 11.3 Å². The molecule has 0 amide bonds. The van der Waals surface area contributed by atoms with E-state index in [1.165, 1.54) is 0 Å². The van der Waals surface area contributed by atoms with E-state index < -0.39 is 16.6 Å². The third-order valence-corrected chi connectivity index (χ3v) is 4.45. The van der Waals surface area contributed by atoms with E-state index in [1.807, 2.05) is 39.3 Å². The fourth-order valence-electron chi connectivity index (χ4n) is 1.21. The van der Waals surface area contributed by atoms with Crippen molar-refractivity contribution in [2.45, 2.75) is 39.3 Å². The molecule has 1 heterocycles. The summed E-state index contributed by atoms with van der Waals surface area (Å²) in [5.41, 5.74) is 0. The lowest BCUT2D eigenvalue weighted by atomic mass is 10.4. The maximum atomic E-state index is 11.9. The van der Waals surface area contributed by atoms with Crippen molar-refractivity contribution in [3.63, 3.8) is 0 Å². The molecule has 0 aliphatic heterocycles. The Labute approximate surface area is 120 Å². The van der Waals surface area contributed by atoms with E-state index in [9.17, 15) is 9.59 Å². The minimum absolute atomic E-state index is 0.351. The van der Waals surface area contributed by atoms with E-state index in [0.29, 0.717) is 9.75 Å². The molecule has 0 N–H and O–H groups in total. The average molecular weight is 317 g/mol. The van der Waals surface area contributed by atoms with Crippen LogP contribution in [0.15, 0.2) is 12.1 Å². The predicted molar refractivity (Wildman–Crippen MR) is 81.8 cm³/mol. The van der Waals surface area contributed by atoms with E-state index >= 15 is 0 Å². The Hall–Kier alpha value is -0.926. The van der Waals surface area contributed by atoms with Crippen LogP contribution >= 0.6 is 11.3 Å². The molecule has 0 saturated carbocycles. The van der Waals surface area contributed by atoms with Crippen LogP contribution in [0.5, 0.6) is 0 Å². The van der Waals surface area contributed by atoms with Crippen LogP contribution in [0.4, 0.5) is 0 Å². The Morgan fingerprint density at radius 2 is 1.16 bits per heavy atom. The first-order chi connectivity index (χ1) is 8.48. The molecule has 1 aromatic heterocycles. The summed E-state index contributed by atoms with van der Waals surface area (Å²) < 4.78 is 10.8. The highest BCUT2D eigenvalue weighted by Crippen LogP contribution is 2.21. The van der Waals surface area contributed by atoms with E-state index in [1.54, 1.807) is 12.1 Å². The van der Waals surface area contributed by atoms with Crippen LogP contribution in [0.2, 0.25) is 39.3 Å². The summed E-state index contributed by atoms with van der Waals surface area (Å²) in [4.78, 5) is 24.6. The summed E-state index contributed by atoms with van der Waals surface area (Å²) in [5, 5.41) is 0. The van der Waals surface area contributed by atoms with Gasteiger partial charge in [-0.2, -0.15) is 0 Å². The fourth-order valence-corrected chi connectivity index (χ4v) is 3.45. The van der Waals surface area contributed by atoms with Gasteiger partial charge in [-0.1, -0.05) is 0 Å². The lowest BCUT2D eigenvalue weighted by molar-refractivity contribution is 0.0721. The molecule has 1 rings (SSSR count). The normalized spacial score (nSPS) is 12.1. The van der Waals surface area contributed by atoms with E-state index in [-0.39, 0.29) is 11.9 Å². The van der Waals surface area contributed by atoms with E-state index in [4.69, 9.17) is 8.85 Å². The highest BCUT2D eigenvalue weighted by Gasteiger charge is 2.25. The van der Waals surface area contributed by atoms with E-state index in [2.05, 4.69) is 0 Å². The van der Waals surface area contributed by atoms with Crippen molar-refractivity contribution >= 4 is 39.9 Å². The highest BCUT2D eigenvalue weighted by atomic mass is 32.1. The first kappa shape index (κ1) is 16.1. The molecule has 0 bridgehead atoms. The molecule has 0 spiro atoms. The summed E-state index contributed by atoms with van der Waals surface area (Å²) in [6.07, 6.45) is 0. The van der Waals surface area contributed by atoms with Crippen LogP contribution in [0.25, 0.3) is 0 Å². The van der Waals surface area contributed by atoms with Gasteiger partial charge < -0.3 is 8.85 Å². The zero-order valence-corrected chi connectivity index (χ0v) is 15.0. The monoisotopic (exact) mass is 316 g/mol. The van der Waals surface area contributed by atoms with Crippen molar-refractivity contribution < 1.29 is 18.4 Å². The van der Waals surface area contributed by atoms with Crippen LogP contribution in [0, 0.1) is 0 Å². The molecule has 0 fully saturated rings. The zero-order valence-electron chi connectivity index (χ0n) is 12.2. The van der Waals surface area contributed by atoms with Gasteiger partial charge in [0.25, 0.3) is 0 Å². The lowest BCUT2D eigenvalue weighted by Gasteiger charge is -2.16. The fraction of sp³-hybridized carbons (Fsp3) is 0.500. The van der Waals surface area contributed by atoms with Gasteiger partial charge in [-0.15, -0.1) is 11.3 Å². The molecule has 0 unspecified atom stereocenters. The molecule has 1 aromatic rings. The van der Waals surface area contributed by atoms with Gasteiger partial charge in [0.15, 0.2) is 0 Å². The smallest absolute Gasteiger partial charge is 0.334 e. The van der Waals surface area contributed by atoms with Gasteiger partial charge in [0.05, 0.1) is 0 Å². The van der Waals surface area contributed by atoms with Crippen molar-refractivity contribution in [3.05, 3.63) is 21.9 Å². The second-order valence-corrected chi connectivity index (χ2v) is 16.1. The summed E-state index contributed by atoms with van der Waals surface area (Å²) in [6, 6.07) is 3.24. The molecule has 0 aromatic carbocycles. The molecule has 0 aliphatic carbocycles. The third-order valence-electron chi connectivity index (χ3n) is 1.81. The average Bonchev–Trinajstić information content (AvgIpc) is 2.60. The third kappa shape index (κ3) is 5.71. The van der Waals surface area contributed by atoms with Crippen molar-refractivity contribution in [1.82, 2.24) is 0 Å². The topological polar surface area (TPSA) is 52.6 Å². The van der Waals surface area contributed by atoms with Gasteiger partial charge in [-0.25, -0.2) is 9.59 Å². The summed E-state index contributed by atoms with van der Waals surface area (Å²) in [6.45, 7) is 11.7. The van der Waals surface area contributed by atoms with Gasteiger partial charge >= 0.3 is 11.9 Å².